The van der Waals surface area contributed by atoms with Gasteiger partial charge in [-0.2, -0.15) is 0 Å². The van der Waals surface area contributed by atoms with E-state index in [9.17, 15) is 19.2 Å². The van der Waals surface area contributed by atoms with Gasteiger partial charge in [-0.25, -0.2) is 14.5 Å². The highest BCUT2D eigenvalue weighted by Gasteiger charge is 2.37. The molecule has 1 aliphatic rings. The van der Waals surface area contributed by atoms with Crippen LogP contribution < -0.4 is 10.2 Å². The van der Waals surface area contributed by atoms with E-state index in [0.29, 0.717) is 17.0 Å². The first-order valence-electron chi connectivity index (χ1n) is 9.25. The molecule has 3 aromatic rings. The van der Waals surface area contributed by atoms with Crippen molar-refractivity contribution in [2.24, 2.45) is 0 Å². The fraction of sp³-hybridized carbons (Fsp3) is 0.0435. The van der Waals surface area contributed by atoms with E-state index < -0.39 is 23.8 Å². The standard InChI is InChI=1S/C23H16N2O6/c1-13-4-2-7-16(10-13)25-21(27)18(20(26)24-23(25)30)12-17-8-9-19(31-17)14-5-3-6-15(11-14)22(28)29/h2-12H,1H3,(H,28,29)(H,24,26,30). The van der Waals surface area contributed by atoms with Gasteiger partial charge in [0.2, 0.25) is 0 Å². The van der Waals surface area contributed by atoms with Crippen molar-refractivity contribution in [1.29, 1.82) is 0 Å². The first kappa shape index (κ1) is 19.8. The van der Waals surface area contributed by atoms with Crippen LogP contribution in [0.5, 0.6) is 0 Å². The molecular weight excluding hydrogens is 400 g/mol. The van der Waals surface area contributed by atoms with Gasteiger partial charge in [0.25, 0.3) is 11.8 Å². The minimum absolute atomic E-state index is 0.1000. The third-order valence-electron chi connectivity index (χ3n) is 4.67. The van der Waals surface area contributed by atoms with Gasteiger partial charge in [0, 0.05) is 5.56 Å². The highest BCUT2D eigenvalue weighted by molar-refractivity contribution is 6.39. The summed E-state index contributed by atoms with van der Waals surface area (Å²) in [5.74, 6) is -2.10. The van der Waals surface area contributed by atoms with Crippen LogP contribution in [0.25, 0.3) is 17.4 Å². The van der Waals surface area contributed by atoms with Crippen molar-refractivity contribution in [2.75, 3.05) is 4.90 Å². The third kappa shape index (κ3) is 3.86. The molecule has 0 spiro atoms. The number of amides is 4. The number of rotatable bonds is 4. The van der Waals surface area contributed by atoms with E-state index in [1.807, 2.05) is 13.0 Å². The molecule has 0 saturated carbocycles. The number of carbonyl (C=O) groups excluding carboxylic acids is 3. The van der Waals surface area contributed by atoms with Gasteiger partial charge in [-0.3, -0.25) is 14.9 Å². The minimum atomic E-state index is -1.07. The number of anilines is 1. The average Bonchev–Trinajstić information content (AvgIpc) is 3.20. The van der Waals surface area contributed by atoms with E-state index >= 15 is 0 Å². The van der Waals surface area contributed by atoms with Crippen LogP contribution in [0.2, 0.25) is 0 Å². The largest absolute Gasteiger partial charge is 0.478 e. The summed E-state index contributed by atoms with van der Waals surface area (Å²) in [7, 11) is 0. The van der Waals surface area contributed by atoms with Crippen molar-refractivity contribution >= 4 is 35.6 Å². The zero-order valence-electron chi connectivity index (χ0n) is 16.3. The van der Waals surface area contributed by atoms with Gasteiger partial charge >= 0.3 is 12.0 Å². The predicted octanol–water partition coefficient (Wildman–Crippen LogP) is 3.62. The predicted molar refractivity (Wildman–Crippen MR) is 111 cm³/mol. The van der Waals surface area contributed by atoms with Crippen molar-refractivity contribution in [2.45, 2.75) is 6.92 Å². The highest BCUT2D eigenvalue weighted by atomic mass is 16.4. The number of carboxylic acids is 1. The number of benzene rings is 2. The first-order valence-corrected chi connectivity index (χ1v) is 9.25. The molecule has 2 aromatic carbocycles. The Bertz CT molecular complexity index is 1270. The van der Waals surface area contributed by atoms with Gasteiger partial charge in [-0.15, -0.1) is 0 Å². The topological polar surface area (TPSA) is 117 Å². The van der Waals surface area contributed by atoms with Crippen molar-refractivity contribution in [3.05, 3.63) is 83.1 Å². The highest BCUT2D eigenvalue weighted by Crippen LogP contribution is 2.26. The average molecular weight is 416 g/mol. The molecule has 0 unspecified atom stereocenters. The molecule has 0 aliphatic carbocycles. The van der Waals surface area contributed by atoms with E-state index in [-0.39, 0.29) is 16.9 Å². The van der Waals surface area contributed by atoms with Gasteiger partial charge in [0.05, 0.1) is 11.3 Å². The first-order chi connectivity index (χ1) is 14.8. The second-order valence-electron chi connectivity index (χ2n) is 6.88. The zero-order chi connectivity index (χ0) is 22.1. The van der Waals surface area contributed by atoms with Gasteiger partial charge in [-0.05, 0) is 55.0 Å². The molecule has 1 aromatic heterocycles. The number of furan rings is 1. The van der Waals surface area contributed by atoms with Crippen molar-refractivity contribution in [3.63, 3.8) is 0 Å². The molecule has 1 fully saturated rings. The number of aromatic carboxylic acids is 1. The second kappa shape index (κ2) is 7.75. The van der Waals surface area contributed by atoms with Gasteiger partial charge in [-0.1, -0.05) is 24.3 Å². The number of hydrogen-bond donors (Lipinski definition) is 2. The van der Waals surface area contributed by atoms with E-state index in [2.05, 4.69) is 5.32 Å². The van der Waals surface area contributed by atoms with Crippen LogP contribution in [0.3, 0.4) is 0 Å². The summed E-state index contributed by atoms with van der Waals surface area (Å²) in [4.78, 5) is 49.6. The lowest BCUT2D eigenvalue weighted by atomic mass is 10.1. The number of barbiturate groups is 1. The Labute approximate surface area is 176 Å². The fourth-order valence-electron chi connectivity index (χ4n) is 3.19. The molecule has 154 valence electrons. The number of urea groups is 1. The molecular formula is C23H16N2O6. The van der Waals surface area contributed by atoms with Crippen LogP contribution in [0, 0.1) is 6.92 Å². The smallest absolute Gasteiger partial charge is 0.335 e. The quantitative estimate of drug-likeness (QED) is 0.496. The Morgan fingerprint density at radius 3 is 2.55 bits per heavy atom. The summed E-state index contributed by atoms with van der Waals surface area (Å²) in [6.45, 7) is 1.82. The molecule has 2 N–H and O–H groups in total. The van der Waals surface area contributed by atoms with Gasteiger partial charge < -0.3 is 9.52 Å². The summed E-state index contributed by atoms with van der Waals surface area (Å²) in [6, 6.07) is 15.3. The number of imide groups is 2. The number of aryl methyl sites for hydroxylation is 1. The molecule has 0 atom stereocenters. The van der Waals surface area contributed by atoms with Crippen LogP contribution in [0.1, 0.15) is 21.7 Å². The lowest BCUT2D eigenvalue weighted by molar-refractivity contribution is -0.122. The van der Waals surface area contributed by atoms with E-state index in [0.717, 1.165) is 10.5 Å². The van der Waals surface area contributed by atoms with Crippen molar-refractivity contribution in [3.8, 4) is 11.3 Å². The van der Waals surface area contributed by atoms with Crippen LogP contribution in [-0.2, 0) is 9.59 Å². The summed E-state index contributed by atoms with van der Waals surface area (Å²) in [6.07, 6.45) is 1.25. The Kier molecular flexibility index (Phi) is 4.96. The van der Waals surface area contributed by atoms with Crippen molar-refractivity contribution < 1.29 is 28.7 Å². The summed E-state index contributed by atoms with van der Waals surface area (Å²) < 4.78 is 5.69. The molecule has 0 bridgehead atoms. The molecule has 2 heterocycles. The number of carboxylic acid groups (broad SMARTS) is 1. The Morgan fingerprint density at radius 1 is 1.03 bits per heavy atom. The van der Waals surface area contributed by atoms with E-state index in [4.69, 9.17) is 9.52 Å². The number of nitrogens with one attached hydrogen (secondary N) is 1. The molecule has 1 aliphatic heterocycles. The lowest BCUT2D eigenvalue weighted by Gasteiger charge is -2.26. The van der Waals surface area contributed by atoms with E-state index in [1.165, 1.54) is 18.2 Å². The summed E-state index contributed by atoms with van der Waals surface area (Å²) in [5, 5.41) is 11.3. The minimum Gasteiger partial charge on any atom is -0.478 e. The number of nitrogens with zero attached hydrogens (tertiary/aromatic N) is 1. The van der Waals surface area contributed by atoms with Gasteiger partial charge in [0.1, 0.15) is 17.1 Å². The van der Waals surface area contributed by atoms with Gasteiger partial charge in [0.15, 0.2) is 0 Å². The molecule has 8 heteroatoms. The number of carbonyl (C=O) groups is 4. The Morgan fingerprint density at radius 2 is 1.81 bits per heavy atom. The monoisotopic (exact) mass is 416 g/mol. The third-order valence-corrected chi connectivity index (χ3v) is 4.67. The summed E-state index contributed by atoms with van der Waals surface area (Å²) >= 11 is 0. The van der Waals surface area contributed by atoms with Crippen LogP contribution in [0.15, 0.2) is 70.7 Å². The van der Waals surface area contributed by atoms with E-state index in [1.54, 1.807) is 42.5 Å². The fourth-order valence-corrected chi connectivity index (χ4v) is 3.19. The van der Waals surface area contributed by atoms with Crippen LogP contribution in [0.4, 0.5) is 10.5 Å². The molecule has 31 heavy (non-hydrogen) atoms. The van der Waals surface area contributed by atoms with Crippen LogP contribution in [-0.4, -0.2) is 28.9 Å². The van der Waals surface area contributed by atoms with Crippen LogP contribution >= 0.6 is 0 Å². The molecule has 4 rings (SSSR count). The number of hydrogen-bond acceptors (Lipinski definition) is 5. The molecule has 8 nitrogen and oxygen atoms in total. The molecule has 1 saturated heterocycles. The second-order valence-corrected chi connectivity index (χ2v) is 6.88. The zero-order valence-corrected chi connectivity index (χ0v) is 16.3. The lowest BCUT2D eigenvalue weighted by Crippen LogP contribution is -2.54. The summed E-state index contributed by atoms with van der Waals surface area (Å²) in [5.41, 5.74) is 1.55. The Balaban J connectivity index is 1.67. The normalized spacial score (nSPS) is 15.3. The maximum absolute atomic E-state index is 12.9. The van der Waals surface area contributed by atoms with Crippen molar-refractivity contribution in [1.82, 2.24) is 5.32 Å². The maximum atomic E-state index is 12.9. The molecule has 0 radical (unpaired) electrons. The SMILES string of the molecule is Cc1cccc(N2C(=O)NC(=O)C(=Cc3ccc(-c4cccc(C(=O)O)c4)o3)C2=O)c1. The maximum Gasteiger partial charge on any atom is 0.335 e. The molecule has 4 amide bonds. The Hall–Kier alpha value is -4.46.